The third-order valence-corrected chi connectivity index (χ3v) is 5.24. The highest BCUT2D eigenvalue weighted by Gasteiger charge is 2.30. The molecular weight excluding hydrogens is 362 g/mol. The number of pyridine rings is 1. The highest BCUT2D eigenvalue weighted by Crippen LogP contribution is 2.33. The molecule has 7 nitrogen and oxygen atoms in total. The number of nitrogens with zero attached hydrogens (tertiary/aromatic N) is 1. The van der Waals surface area contributed by atoms with Gasteiger partial charge < -0.3 is 18.8 Å². The van der Waals surface area contributed by atoms with E-state index in [-0.39, 0.29) is 34.6 Å². The number of ether oxygens (including phenoxy) is 1. The Kier molecular flexibility index (Phi) is 4.30. The molecule has 144 valence electrons. The van der Waals surface area contributed by atoms with Crippen LogP contribution in [0.4, 0.5) is 0 Å². The summed E-state index contributed by atoms with van der Waals surface area (Å²) in [4.78, 5) is 37.8. The van der Waals surface area contributed by atoms with Gasteiger partial charge in [0.1, 0.15) is 11.5 Å². The van der Waals surface area contributed by atoms with Gasteiger partial charge in [-0.1, -0.05) is 18.2 Å². The van der Waals surface area contributed by atoms with Crippen LogP contribution in [0.1, 0.15) is 34.8 Å². The van der Waals surface area contributed by atoms with Crippen LogP contribution < -0.4 is 11.2 Å². The molecule has 1 aliphatic heterocycles. The fourth-order valence-electron chi connectivity index (χ4n) is 3.98. The first kappa shape index (κ1) is 18.0. The first-order valence-electron chi connectivity index (χ1n) is 8.96. The molecule has 3 heterocycles. The van der Waals surface area contributed by atoms with Crippen molar-refractivity contribution in [3.63, 3.8) is 0 Å². The molecule has 0 fully saturated rings. The van der Waals surface area contributed by atoms with E-state index < -0.39 is 17.5 Å². The first-order valence-corrected chi connectivity index (χ1v) is 8.96. The Morgan fingerprint density at radius 1 is 1.32 bits per heavy atom. The molecule has 0 amide bonds. The predicted octanol–water partition coefficient (Wildman–Crippen LogP) is 2.22. The number of benzene rings is 1. The van der Waals surface area contributed by atoms with E-state index in [4.69, 9.17) is 9.15 Å². The molecule has 0 saturated heterocycles. The number of carbonyl (C=O) groups is 1. The molecule has 4 rings (SSSR count). The van der Waals surface area contributed by atoms with Crippen LogP contribution in [0.2, 0.25) is 0 Å². The molecular formula is C21H19NO6. The summed E-state index contributed by atoms with van der Waals surface area (Å²) in [5.41, 5.74) is 1.03. The molecule has 1 N–H and O–H groups in total. The molecule has 0 aliphatic carbocycles. The van der Waals surface area contributed by atoms with Gasteiger partial charge in [0, 0.05) is 24.1 Å². The van der Waals surface area contributed by atoms with Crippen molar-refractivity contribution in [1.29, 1.82) is 0 Å². The van der Waals surface area contributed by atoms with E-state index in [1.807, 2.05) is 18.2 Å². The zero-order valence-corrected chi connectivity index (χ0v) is 15.5. The number of methoxy groups -OCH3 is 1. The number of aromatic nitrogens is 1. The molecule has 2 aromatic heterocycles. The Balaban J connectivity index is 2.00. The number of carbonyl (C=O) groups excluding carboxylic acids is 1. The lowest BCUT2D eigenvalue weighted by Gasteiger charge is -2.18. The van der Waals surface area contributed by atoms with Gasteiger partial charge >= 0.3 is 11.6 Å². The summed E-state index contributed by atoms with van der Waals surface area (Å²) in [5, 5.41) is 11.3. The van der Waals surface area contributed by atoms with E-state index in [1.54, 1.807) is 10.6 Å². The molecule has 7 heteroatoms. The van der Waals surface area contributed by atoms with E-state index in [1.165, 1.54) is 20.1 Å². The molecule has 0 spiro atoms. The molecule has 0 radical (unpaired) electrons. The Morgan fingerprint density at radius 2 is 2.11 bits per heavy atom. The minimum Gasteiger partial charge on any atom is -0.507 e. The van der Waals surface area contributed by atoms with Crippen LogP contribution in [0.25, 0.3) is 10.9 Å². The maximum absolute atomic E-state index is 13.2. The topological polar surface area (TPSA) is 98.7 Å². The molecule has 1 aromatic carbocycles. The van der Waals surface area contributed by atoms with Gasteiger partial charge in [-0.25, -0.2) is 4.79 Å². The zero-order chi connectivity index (χ0) is 20.0. The molecule has 0 unspecified atom stereocenters. The summed E-state index contributed by atoms with van der Waals surface area (Å²) in [6.45, 7) is 2.06. The SMILES string of the molecule is COC(=O)C[C@@H](c1c(O)cc(C)oc1=O)c1cc2cccc3c2n(c1=O)CC3. The van der Waals surface area contributed by atoms with Crippen LogP contribution >= 0.6 is 0 Å². The maximum Gasteiger partial charge on any atom is 0.343 e. The lowest BCUT2D eigenvalue weighted by molar-refractivity contribution is -0.140. The first-order chi connectivity index (χ1) is 13.4. The quantitative estimate of drug-likeness (QED) is 0.696. The molecule has 3 aromatic rings. The monoisotopic (exact) mass is 381 g/mol. The van der Waals surface area contributed by atoms with Gasteiger partial charge in [0.2, 0.25) is 0 Å². The summed E-state index contributed by atoms with van der Waals surface area (Å²) >= 11 is 0. The van der Waals surface area contributed by atoms with E-state index >= 15 is 0 Å². The highest BCUT2D eigenvalue weighted by molar-refractivity contribution is 5.84. The summed E-state index contributed by atoms with van der Waals surface area (Å²) < 4.78 is 11.5. The minimum absolute atomic E-state index is 0.116. The van der Waals surface area contributed by atoms with Gasteiger partial charge in [-0.05, 0) is 30.4 Å². The van der Waals surface area contributed by atoms with Gasteiger partial charge in [0.15, 0.2) is 0 Å². The van der Waals surface area contributed by atoms with Gasteiger partial charge in [-0.3, -0.25) is 9.59 Å². The van der Waals surface area contributed by atoms with Gasteiger partial charge in [-0.2, -0.15) is 0 Å². The van der Waals surface area contributed by atoms with Crippen molar-refractivity contribution in [2.45, 2.75) is 32.2 Å². The van der Waals surface area contributed by atoms with E-state index in [9.17, 15) is 19.5 Å². The maximum atomic E-state index is 13.2. The second-order valence-corrected chi connectivity index (χ2v) is 6.94. The third kappa shape index (κ3) is 2.79. The fraction of sp³-hybridized carbons (Fsp3) is 0.286. The molecule has 1 aliphatic rings. The number of esters is 1. The lowest BCUT2D eigenvalue weighted by atomic mass is 9.88. The Morgan fingerprint density at radius 3 is 2.82 bits per heavy atom. The highest BCUT2D eigenvalue weighted by atomic mass is 16.5. The Bertz CT molecular complexity index is 1220. The molecule has 28 heavy (non-hydrogen) atoms. The number of aryl methyl sites for hydroxylation is 3. The molecule has 0 saturated carbocycles. The van der Waals surface area contributed by atoms with Crippen molar-refractivity contribution >= 4 is 16.9 Å². The summed E-state index contributed by atoms with van der Waals surface area (Å²) in [7, 11) is 1.23. The van der Waals surface area contributed by atoms with Gasteiger partial charge in [-0.15, -0.1) is 0 Å². The van der Waals surface area contributed by atoms with E-state index in [0.29, 0.717) is 6.54 Å². The number of para-hydroxylation sites is 1. The predicted molar refractivity (Wildman–Crippen MR) is 102 cm³/mol. The number of hydrogen-bond donors (Lipinski definition) is 1. The third-order valence-electron chi connectivity index (χ3n) is 5.24. The van der Waals surface area contributed by atoms with Gasteiger partial charge in [0.25, 0.3) is 5.56 Å². The van der Waals surface area contributed by atoms with Crippen LogP contribution in [0.5, 0.6) is 5.75 Å². The molecule has 0 bridgehead atoms. The Labute approximate surface area is 159 Å². The average molecular weight is 381 g/mol. The van der Waals surface area contributed by atoms with Crippen molar-refractivity contribution in [2.75, 3.05) is 7.11 Å². The van der Waals surface area contributed by atoms with Gasteiger partial charge in [0.05, 0.1) is 24.6 Å². The van der Waals surface area contributed by atoms with Crippen LogP contribution in [-0.2, 0) is 22.5 Å². The smallest absolute Gasteiger partial charge is 0.343 e. The largest absolute Gasteiger partial charge is 0.507 e. The Hall–Kier alpha value is -3.35. The zero-order valence-electron chi connectivity index (χ0n) is 15.5. The van der Waals surface area contributed by atoms with Crippen molar-refractivity contribution < 1.29 is 19.1 Å². The second kappa shape index (κ2) is 6.67. The number of aromatic hydroxyl groups is 1. The summed E-state index contributed by atoms with van der Waals surface area (Å²) in [6.07, 6.45) is 0.480. The van der Waals surface area contributed by atoms with E-state index in [2.05, 4.69) is 0 Å². The standard InChI is InChI=1S/C21H19NO6/c1-11-8-16(23)18(21(26)28-11)14(10-17(24)27-2)15-9-13-5-3-4-12-6-7-22(19(12)13)20(15)25/h3-5,8-9,14,23H,6-7,10H2,1-2H3/t14-/m1/s1. The van der Waals surface area contributed by atoms with Crippen LogP contribution in [0, 0.1) is 6.92 Å². The number of rotatable bonds is 4. The van der Waals surface area contributed by atoms with Crippen molar-refractivity contribution in [3.8, 4) is 5.75 Å². The second-order valence-electron chi connectivity index (χ2n) is 6.94. The normalized spacial score (nSPS) is 13.6. The summed E-state index contributed by atoms with van der Waals surface area (Å²) in [5.74, 6) is -1.65. The van der Waals surface area contributed by atoms with Crippen LogP contribution in [-0.4, -0.2) is 22.8 Å². The summed E-state index contributed by atoms with van der Waals surface area (Å²) in [6, 6.07) is 8.77. The van der Waals surface area contributed by atoms with Crippen molar-refractivity contribution in [3.05, 3.63) is 73.6 Å². The van der Waals surface area contributed by atoms with Crippen LogP contribution in [0.15, 0.2) is 44.3 Å². The molecule has 1 atom stereocenters. The van der Waals surface area contributed by atoms with E-state index in [0.717, 1.165) is 22.9 Å². The lowest BCUT2D eigenvalue weighted by Crippen LogP contribution is -2.28. The van der Waals surface area contributed by atoms with Crippen molar-refractivity contribution in [2.24, 2.45) is 0 Å². The van der Waals surface area contributed by atoms with Crippen molar-refractivity contribution in [1.82, 2.24) is 4.57 Å². The minimum atomic E-state index is -0.978. The number of hydrogen-bond acceptors (Lipinski definition) is 6. The fourth-order valence-corrected chi connectivity index (χ4v) is 3.98. The average Bonchev–Trinajstić information content (AvgIpc) is 3.08. The van der Waals surface area contributed by atoms with Crippen LogP contribution in [0.3, 0.4) is 0 Å².